The summed E-state index contributed by atoms with van der Waals surface area (Å²) in [5.74, 6) is 6.95. The standard InChI is InChI=1S/C13H17N/c1-11(2)5-3-6-12-7-4-8-13(9-12)10-14/h4,7-9,11H,5,10,14H2,1-2H3. The van der Waals surface area contributed by atoms with E-state index in [0.717, 1.165) is 17.5 Å². The Bertz CT molecular complexity index is 342. The summed E-state index contributed by atoms with van der Waals surface area (Å²) < 4.78 is 0. The van der Waals surface area contributed by atoms with Crippen LogP contribution in [0.5, 0.6) is 0 Å². The highest BCUT2D eigenvalue weighted by Gasteiger charge is 1.90. The fourth-order valence-electron chi connectivity index (χ4n) is 1.13. The fourth-order valence-corrected chi connectivity index (χ4v) is 1.13. The molecule has 0 fully saturated rings. The van der Waals surface area contributed by atoms with Crippen LogP contribution in [-0.2, 0) is 6.54 Å². The molecule has 1 nitrogen and oxygen atoms in total. The van der Waals surface area contributed by atoms with Crippen LogP contribution >= 0.6 is 0 Å². The van der Waals surface area contributed by atoms with Gasteiger partial charge in [-0.15, -0.1) is 0 Å². The molecular weight excluding hydrogens is 170 g/mol. The third kappa shape index (κ3) is 3.64. The summed E-state index contributed by atoms with van der Waals surface area (Å²) in [6, 6.07) is 8.09. The summed E-state index contributed by atoms with van der Waals surface area (Å²) in [6.07, 6.45) is 0.951. The maximum absolute atomic E-state index is 5.55. The maximum atomic E-state index is 5.55. The quantitative estimate of drug-likeness (QED) is 0.707. The molecule has 1 aromatic carbocycles. The minimum atomic E-state index is 0.583. The van der Waals surface area contributed by atoms with Crippen molar-refractivity contribution in [1.29, 1.82) is 0 Å². The molecule has 1 rings (SSSR count). The Morgan fingerprint density at radius 3 is 2.79 bits per heavy atom. The molecular formula is C13H17N. The summed E-state index contributed by atoms with van der Waals surface area (Å²) in [6.45, 7) is 4.93. The molecule has 0 saturated carbocycles. The SMILES string of the molecule is CC(C)CC#Cc1cccc(CN)c1. The van der Waals surface area contributed by atoms with E-state index in [1.165, 1.54) is 0 Å². The van der Waals surface area contributed by atoms with E-state index in [4.69, 9.17) is 5.73 Å². The lowest BCUT2D eigenvalue weighted by molar-refractivity contribution is 0.676. The van der Waals surface area contributed by atoms with E-state index >= 15 is 0 Å². The highest BCUT2D eigenvalue weighted by Crippen LogP contribution is 2.03. The Labute approximate surface area is 86.3 Å². The van der Waals surface area contributed by atoms with Crippen LogP contribution in [0, 0.1) is 17.8 Å². The monoisotopic (exact) mass is 187 g/mol. The van der Waals surface area contributed by atoms with Gasteiger partial charge in [0.05, 0.1) is 0 Å². The summed E-state index contributed by atoms with van der Waals surface area (Å²) in [4.78, 5) is 0. The van der Waals surface area contributed by atoms with E-state index in [0.29, 0.717) is 12.5 Å². The fraction of sp³-hybridized carbons (Fsp3) is 0.385. The second-order valence-electron chi connectivity index (χ2n) is 3.80. The topological polar surface area (TPSA) is 26.0 Å². The van der Waals surface area contributed by atoms with Gasteiger partial charge in [0, 0.05) is 18.5 Å². The van der Waals surface area contributed by atoms with Crippen molar-refractivity contribution in [3.05, 3.63) is 35.4 Å². The zero-order valence-corrected chi connectivity index (χ0v) is 8.88. The smallest absolute Gasteiger partial charge is 0.0248 e. The van der Waals surface area contributed by atoms with E-state index in [2.05, 4.69) is 25.7 Å². The van der Waals surface area contributed by atoms with Crippen LogP contribution in [0.1, 0.15) is 31.4 Å². The zero-order valence-electron chi connectivity index (χ0n) is 8.88. The van der Waals surface area contributed by atoms with Crippen LogP contribution in [-0.4, -0.2) is 0 Å². The molecule has 0 radical (unpaired) electrons. The first-order valence-corrected chi connectivity index (χ1v) is 5.00. The van der Waals surface area contributed by atoms with Gasteiger partial charge in [-0.2, -0.15) is 0 Å². The van der Waals surface area contributed by atoms with Crippen molar-refractivity contribution in [1.82, 2.24) is 0 Å². The van der Waals surface area contributed by atoms with E-state index in [1.54, 1.807) is 0 Å². The van der Waals surface area contributed by atoms with Crippen molar-refractivity contribution >= 4 is 0 Å². The van der Waals surface area contributed by atoms with Crippen LogP contribution < -0.4 is 5.73 Å². The van der Waals surface area contributed by atoms with Gasteiger partial charge in [-0.25, -0.2) is 0 Å². The van der Waals surface area contributed by atoms with Crippen LogP contribution in [0.3, 0.4) is 0 Å². The first kappa shape index (κ1) is 10.8. The zero-order chi connectivity index (χ0) is 10.4. The number of hydrogen-bond donors (Lipinski definition) is 1. The van der Waals surface area contributed by atoms with Gasteiger partial charge in [-0.3, -0.25) is 0 Å². The van der Waals surface area contributed by atoms with Gasteiger partial charge in [0.1, 0.15) is 0 Å². The summed E-state index contributed by atoms with van der Waals surface area (Å²) in [5.41, 5.74) is 7.75. The van der Waals surface area contributed by atoms with Crippen molar-refractivity contribution in [2.24, 2.45) is 11.7 Å². The molecule has 0 aromatic heterocycles. The molecule has 0 amide bonds. The average molecular weight is 187 g/mol. The van der Waals surface area contributed by atoms with Crippen LogP contribution in [0.15, 0.2) is 24.3 Å². The molecule has 74 valence electrons. The van der Waals surface area contributed by atoms with Crippen LogP contribution in [0.2, 0.25) is 0 Å². The normalized spacial score (nSPS) is 9.71. The summed E-state index contributed by atoms with van der Waals surface area (Å²) in [7, 11) is 0. The summed E-state index contributed by atoms with van der Waals surface area (Å²) in [5, 5.41) is 0. The maximum Gasteiger partial charge on any atom is 0.0248 e. The van der Waals surface area contributed by atoms with E-state index < -0.39 is 0 Å². The minimum Gasteiger partial charge on any atom is -0.326 e. The molecule has 0 aliphatic rings. The molecule has 0 saturated heterocycles. The molecule has 1 aromatic rings. The molecule has 2 N–H and O–H groups in total. The second kappa shape index (κ2) is 5.47. The second-order valence-corrected chi connectivity index (χ2v) is 3.80. The molecule has 0 aliphatic heterocycles. The van der Waals surface area contributed by atoms with Gasteiger partial charge in [0.25, 0.3) is 0 Å². The highest BCUT2D eigenvalue weighted by molar-refractivity contribution is 5.37. The Morgan fingerprint density at radius 2 is 2.14 bits per heavy atom. The largest absolute Gasteiger partial charge is 0.326 e. The first-order valence-electron chi connectivity index (χ1n) is 5.00. The number of hydrogen-bond acceptors (Lipinski definition) is 1. The van der Waals surface area contributed by atoms with Gasteiger partial charge >= 0.3 is 0 Å². The Morgan fingerprint density at radius 1 is 1.36 bits per heavy atom. The third-order valence-electron chi connectivity index (χ3n) is 1.91. The molecule has 0 atom stereocenters. The van der Waals surface area contributed by atoms with E-state index in [-0.39, 0.29) is 0 Å². The molecule has 0 heterocycles. The highest BCUT2D eigenvalue weighted by atomic mass is 14.5. The molecule has 14 heavy (non-hydrogen) atoms. The Hall–Kier alpha value is -1.26. The summed E-state index contributed by atoms with van der Waals surface area (Å²) >= 11 is 0. The van der Waals surface area contributed by atoms with Gasteiger partial charge < -0.3 is 5.73 Å². The van der Waals surface area contributed by atoms with Crippen molar-refractivity contribution in [2.75, 3.05) is 0 Å². The van der Waals surface area contributed by atoms with Gasteiger partial charge in [-0.05, 0) is 23.6 Å². The van der Waals surface area contributed by atoms with Crippen molar-refractivity contribution < 1.29 is 0 Å². The van der Waals surface area contributed by atoms with Gasteiger partial charge in [-0.1, -0.05) is 37.8 Å². The van der Waals surface area contributed by atoms with E-state index in [9.17, 15) is 0 Å². The number of rotatable bonds is 2. The Balaban J connectivity index is 2.69. The van der Waals surface area contributed by atoms with Crippen LogP contribution in [0.4, 0.5) is 0 Å². The average Bonchev–Trinajstić information content (AvgIpc) is 2.18. The predicted molar refractivity (Wildman–Crippen MR) is 60.7 cm³/mol. The van der Waals surface area contributed by atoms with Crippen molar-refractivity contribution in [2.45, 2.75) is 26.8 Å². The number of benzene rings is 1. The molecule has 1 heteroatoms. The Kier molecular flexibility index (Phi) is 4.22. The minimum absolute atomic E-state index is 0.583. The van der Waals surface area contributed by atoms with Crippen LogP contribution in [0.25, 0.3) is 0 Å². The lowest BCUT2D eigenvalue weighted by Crippen LogP contribution is -1.95. The predicted octanol–water partition coefficient (Wildman–Crippen LogP) is 2.54. The molecule has 0 bridgehead atoms. The molecule has 0 spiro atoms. The van der Waals surface area contributed by atoms with Crippen molar-refractivity contribution in [3.8, 4) is 11.8 Å². The lowest BCUT2D eigenvalue weighted by Gasteiger charge is -1.97. The van der Waals surface area contributed by atoms with E-state index in [1.807, 2.05) is 24.3 Å². The molecule has 0 aliphatic carbocycles. The molecule has 0 unspecified atom stereocenters. The van der Waals surface area contributed by atoms with Crippen molar-refractivity contribution in [3.63, 3.8) is 0 Å². The van der Waals surface area contributed by atoms with Gasteiger partial charge in [0.2, 0.25) is 0 Å². The number of nitrogens with two attached hydrogens (primary N) is 1. The first-order chi connectivity index (χ1) is 6.72. The third-order valence-corrected chi connectivity index (χ3v) is 1.91. The van der Waals surface area contributed by atoms with Gasteiger partial charge in [0.15, 0.2) is 0 Å². The lowest BCUT2D eigenvalue weighted by atomic mass is 10.1.